The Labute approximate surface area is 887 Å². The number of Topliss-reactive ketones (excluding diaryl/α,β-unsaturated/α-hetero) is 2. The molecule has 0 unspecified atom stereocenters. The van der Waals surface area contributed by atoms with Gasteiger partial charge in [0.1, 0.15) is 17.2 Å². The first-order valence-corrected chi connectivity index (χ1v) is 54.3. The van der Waals surface area contributed by atoms with Crippen LogP contribution in [0.4, 0.5) is 0 Å². The number of aliphatic hydroxyl groups is 1. The van der Waals surface area contributed by atoms with Crippen LogP contribution in [-0.2, 0) is 75.9 Å². The zero-order valence-corrected chi connectivity index (χ0v) is 90.9. The second kappa shape index (κ2) is 91.2. The minimum atomic E-state index is -1.51. The maximum atomic E-state index is 11.2. The lowest BCUT2D eigenvalue weighted by Crippen LogP contribution is -3.00. The van der Waals surface area contributed by atoms with Gasteiger partial charge in [-0.2, -0.15) is 34.0 Å². The molecule has 140 heavy (non-hydrogen) atoms. The van der Waals surface area contributed by atoms with Gasteiger partial charge in [0.25, 0.3) is 6.26 Å². The summed E-state index contributed by atoms with van der Waals surface area (Å²) in [5.74, 6) is 7.37. The molecule has 0 aromatic heterocycles. The van der Waals surface area contributed by atoms with Gasteiger partial charge in [-0.1, -0.05) is 163 Å². The molecular weight excluding hydrogens is 1890 g/mol. The van der Waals surface area contributed by atoms with Gasteiger partial charge in [-0.15, -0.1) is 0 Å². The standard InChI is InChI=1S/C13H26N2.C13H23NO.C13H28OSi.C9H15NO2.C8H17NO.C8H16NO.3C8H16O.2C7H14O.3CO2.10CH4.HI/c1-11-3-7-13(2,8-4-11)15-9-5-12(14)6-10-15;1-11-3-7-13(2,8-4-11)14-9-5-12(15)6-10-14;1-11-7-9-12(10-8-11)14-15(5,6)13(2,3)4;1-9(12-7-10)5-3-8(11-2)4-6-9;1-8(9)5-3-7(10-2)4-6-8;1-3-9(2)6-4-8(10)5-7-9;3*1-7-3-5-8(9-2)6-4-7;1-6-2-4-7(8)5-3-6;1-8-7-5-3-2-4-6-7;3*2-1-3;;;;;;;;;;;/h11-12H,3-10,14H2,1-2H3;11H,3-10H2,1-2H3;11-12H,7-10H2,1-6H3;8H,3-6H2,1-2H3;7H,3-6,9H2,1-2H3;3-7H2,1-2H3;3*7-8H,3-6H2,1-2H3;6-8H,2-5H2,1H3;7H,2-6H2,1H3;;;;10*1H4;1H/q;;;;;+1;;;;;;;;;;;;;;;;;;;/p-1. The molecule has 10 aliphatic carbocycles. The van der Waals surface area contributed by atoms with Crippen LogP contribution in [0.15, 0.2) is 0 Å². The molecule has 0 atom stereocenters. The van der Waals surface area contributed by atoms with E-state index in [0.29, 0.717) is 76.5 Å². The number of rotatable bonds is 12. The summed E-state index contributed by atoms with van der Waals surface area (Å²) in [4.78, 5) is 76.1. The summed E-state index contributed by atoms with van der Waals surface area (Å²) in [5, 5.41) is 17.8. The van der Waals surface area contributed by atoms with Gasteiger partial charge in [-0.3, -0.25) is 19.4 Å². The number of carbonyl (C=O) groups is 2. The highest BCUT2D eigenvalue weighted by atomic mass is 127. The first-order valence-electron chi connectivity index (χ1n) is 51.4. The predicted molar refractivity (Wildman–Crippen MR) is 588 cm³/mol. The van der Waals surface area contributed by atoms with E-state index in [1.165, 1.54) is 225 Å². The fourth-order valence-corrected chi connectivity index (χ4v) is 20.9. The Balaban J connectivity index is -0.000000127. The summed E-state index contributed by atoms with van der Waals surface area (Å²) >= 11 is 0. The van der Waals surface area contributed by atoms with Crippen LogP contribution in [0.1, 0.15) is 480 Å². The van der Waals surface area contributed by atoms with E-state index >= 15 is 0 Å². The third-order valence-electron chi connectivity index (χ3n) is 31.7. The van der Waals surface area contributed by atoms with Crippen LogP contribution >= 0.6 is 0 Å². The van der Waals surface area contributed by atoms with Crippen molar-refractivity contribution in [2.24, 2.45) is 52.9 Å². The third kappa shape index (κ3) is 75.0. The summed E-state index contributed by atoms with van der Waals surface area (Å²) in [7, 11) is 11.5. The van der Waals surface area contributed by atoms with Crippen molar-refractivity contribution in [1.82, 2.24) is 9.80 Å². The predicted octanol–water partition coefficient (Wildman–Crippen LogP) is 25.3. The van der Waals surface area contributed by atoms with Gasteiger partial charge in [-0.25, -0.2) is 0 Å². The normalized spacial score (nSPS) is 30.4. The molecule has 25 heteroatoms. The topological polar surface area (TPSA) is 313 Å². The number of nitriles is 1. The number of carbonyl (C=O) groups excluding carboxylic acids is 8. The van der Waals surface area contributed by atoms with Gasteiger partial charge in [0.05, 0.1) is 82.3 Å². The number of methoxy groups -OCH3 is 6. The van der Waals surface area contributed by atoms with Gasteiger partial charge in [0, 0.05) is 110 Å². The van der Waals surface area contributed by atoms with Crippen molar-refractivity contribution in [3.8, 4) is 6.26 Å². The average molecular weight is 2140 g/mol. The van der Waals surface area contributed by atoms with E-state index in [9.17, 15) is 9.59 Å². The fourth-order valence-electron chi connectivity index (χ4n) is 19.5. The lowest BCUT2D eigenvalue weighted by atomic mass is 9.76. The van der Waals surface area contributed by atoms with Gasteiger partial charge < -0.3 is 82.6 Å². The van der Waals surface area contributed by atoms with E-state index in [1.807, 2.05) is 35.4 Å². The molecule has 844 valence electrons. The summed E-state index contributed by atoms with van der Waals surface area (Å²) < 4.78 is 43.9. The smallest absolute Gasteiger partial charge is 0.373 e. The molecule has 0 aromatic rings. The van der Waals surface area contributed by atoms with Gasteiger partial charge in [0.2, 0.25) is 0 Å². The summed E-state index contributed by atoms with van der Waals surface area (Å²) in [6, 6.07) is 0.465. The minimum Gasteiger partial charge on any atom is -1.00 e. The van der Waals surface area contributed by atoms with Crippen molar-refractivity contribution in [1.29, 1.82) is 5.26 Å². The van der Waals surface area contributed by atoms with Crippen LogP contribution in [0, 0.1) is 52.9 Å². The maximum absolute atomic E-state index is 11.2. The number of quaternary nitrogens is 1. The molecular formula is C115H241IN6O17Si. The van der Waals surface area contributed by atoms with Crippen LogP contribution in [0.25, 0.3) is 0 Å². The number of halogens is 1. The molecule has 5 N–H and O–H groups in total. The fraction of sp³-hybridized carbons (Fsp3) is 0.948. The number of hydrogen-bond acceptors (Lipinski definition) is 22. The Morgan fingerprint density at radius 3 is 0.907 bits per heavy atom. The molecule has 3 saturated heterocycles. The molecule has 0 amide bonds. The summed E-state index contributed by atoms with van der Waals surface area (Å²) in [6.45, 7) is 46.9. The number of nitrogens with two attached hydrogens (primary N) is 2. The highest BCUT2D eigenvalue weighted by Crippen LogP contribution is 2.42. The SMILES string of the molecule is C.C.C.C.C.C.C.C.C.C.CC1CCC(C)(N2CCC(=O)CC2)CC1.CC1CCC(C)(N2CCC(N)CC2)CC1.CC1CCC(O)CC1.CC1CCC(O[Si](C)(C)C(C)(C)C)CC1.CC[N+]1(C)CCC(=O)CC1.COC1CCC(C)(N)CC1.COC1CCC(C)(OC#N)CC1.COC1CCC(C)CC1.COC1CCC(C)CC1.COC1CCC(C)CC1.COC1CCCCC1.O=C=O.O=C=O.O=C=O.[I-]. The second-order valence-electron chi connectivity index (χ2n) is 44.1. The zero-order chi connectivity index (χ0) is 97.7. The number of aliphatic hydroxyl groups excluding tert-OH is 1. The summed E-state index contributed by atoms with van der Waals surface area (Å²) in [5.41, 5.74) is 12.6. The number of piperidine rings is 3. The number of ketones is 2. The third-order valence-corrected chi connectivity index (χ3v) is 36.3. The van der Waals surface area contributed by atoms with Crippen molar-refractivity contribution in [3.05, 3.63) is 0 Å². The summed E-state index contributed by atoms with van der Waals surface area (Å²) in [6.07, 6.45) is 63.4. The molecule has 13 rings (SSSR count). The first-order chi connectivity index (χ1) is 60.9. The molecule has 0 bridgehead atoms. The Morgan fingerprint density at radius 1 is 0.393 bits per heavy atom. The largest absolute Gasteiger partial charge is 1.00 e. The lowest BCUT2D eigenvalue weighted by molar-refractivity contribution is -0.909. The van der Waals surface area contributed by atoms with Crippen LogP contribution < -0.4 is 35.4 Å². The van der Waals surface area contributed by atoms with E-state index in [1.54, 1.807) is 20.5 Å². The Hall–Kier alpha value is -2.80. The highest BCUT2D eigenvalue weighted by molar-refractivity contribution is 6.74. The molecule has 23 nitrogen and oxygen atoms in total. The molecule has 13 aliphatic rings. The van der Waals surface area contributed by atoms with Gasteiger partial charge in [-0.05, 0) is 351 Å². The van der Waals surface area contributed by atoms with Crippen LogP contribution in [-0.4, -0.2) is 230 Å². The number of nitrogens with zero attached hydrogens (tertiary/aromatic N) is 4. The van der Waals surface area contributed by atoms with Gasteiger partial charge >= 0.3 is 18.5 Å². The molecule has 10 saturated carbocycles. The Kier molecular flexibility index (Phi) is 106. The zero-order valence-electron chi connectivity index (χ0n) is 87.7. The van der Waals surface area contributed by atoms with Crippen molar-refractivity contribution < 1.29 is 110 Å². The van der Waals surface area contributed by atoms with Crippen LogP contribution in [0.5, 0.6) is 0 Å². The Bertz CT molecular complexity index is 2800. The lowest BCUT2D eigenvalue weighted by Gasteiger charge is -2.48. The van der Waals surface area contributed by atoms with E-state index < -0.39 is 8.32 Å². The molecule has 0 radical (unpaired) electrons. The average Bonchev–Trinajstić information content (AvgIpc) is 0.813. The van der Waals surface area contributed by atoms with Crippen molar-refractivity contribution in [3.63, 3.8) is 0 Å². The molecule has 13 fully saturated rings. The van der Waals surface area contributed by atoms with Crippen molar-refractivity contribution in [2.75, 3.05) is 95.5 Å². The number of likely N-dealkylation sites (tertiary alicyclic amines) is 3. The monoisotopic (exact) mass is 2130 g/mol. The maximum Gasteiger partial charge on any atom is 0.373 e. The minimum absolute atomic E-state index is 0. The van der Waals surface area contributed by atoms with E-state index in [-0.39, 0.29) is 134 Å². The highest BCUT2D eigenvalue weighted by Gasteiger charge is 2.42. The first kappa shape index (κ1) is 162. The molecule has 0 aromatic carbocycles. The molecule has 3 heterocycles. The van der Waals surface area contributed by atoms with Gasteiger partial charge in [0.15, 0.2) is 8.32 Å². The van der Waals surface area contributed by atoms with E-state index in [0.717, 1.165) is 169 Å². The molecule has 3 aliphatic heterocycles. The second-order valence-corrected chi connectivity index (χ2v) is 48.8. The van der Waals surface area contributed by atoms with E-state index in [2.05, 4.69) is 127 Å². The van der Waals surface area contributed by atoms with Crippen LogP contribution in [0.3, 0.4) is 0 Å². The Morgan fingerprint density at radius 2 is 0.643 bits per heavy atom. The number of ether oxygens (including phenoxy) is 7. The number of hydrogen-bond donors (Lipinski definition) is 3. The molecule has 0 spiro atoms. The van der Waals surface area contributed by atoms with Crippen molar-refractivity contribution >= 4 is 38.3 Å². The van der Waals surface area contributed by atoms with Crippen LogP contribution in [0.2, 0.25) is 18.1 Å². The van der Waals surface area contributed by atoms with E-state index in [4.69, 9.17) is 88.2 Å². The quantitative estimate of drug-likeness (QED) is 0.0707. The van der Waals surface area contributed by atoms with Crippen molar-refractivity contribution in [2.45, 2.75) is 575 Å².